The molecule has 1 amide bonds. The Morgan fingerprint density at radius 3 is 2.62 bits per heavy atom. The predicted octanol–water partition coefficient (Wildman–Crippen LogP) is 1.83. The number of carbonyl (C=O) groups is 2. The van der Waals surface area contributed by atoms with E-state index in [1.54, 1.807) is 26.8 Å². The van der Waals surface area contributed by atoms with E-state index < -0.39 is 29.7 Å². The molecule has 0 saturated heterocycles. The van der Waals surface area contributed by atoms with Crippen LogP contribution in [0.4, 0.5) is 9.18 Å². The van der Waals surface area contributed by atoms with Gasteiger partial charge in [0.05, 0.1) is 7.11 Å². The van der Waals surface area contributed by atoms with Gasteiger partial charge in [0, 0.05) is 18.2 Å². The Balaban J connectivity index is 2.80. The average Bonchev–Trinajstić information content (AvgIpc) is 2.37. The van der Waals surface area contributed by atoms with Gasteiger partial charge in [-0.05, 0) is 26.8 Å². The van der Waals surface area contributed by atoms with Crippen molar-refractivity contribution in [2.75, 3.05) is 7.11 Å². The maximum absolute atomic E-state index is 13.5. The molecule has 21 heavy (non-hydrogen) atoms. The van der Waals surface area contributed by atoms with Crippen molar-refractivity contribution in [1.29, 1.82) is 0 Å². The van der Waals surface area contributed by atoms with Gasteiger partial charge in [-0.25, -0.2) is 14.6 Å². The first kappa shape index (κ1) is 16.9. The second-order valence-corrected chi connectivity index (χ2v) is 5.38. The van der Waals surface area contributed by atoms with Crippen LogP contribution < -0.4 is 5.32 Å². The van der Waals surface area contributed by atoms with Crippen molar-refractivity contribution in [2.45, 2.75) is 38.8 Å². The molecule has 1 rings (SSSR count). The van der Waals surface area contributed by atoms with Gasteiger partial charge in [-0.3, -0.25) is 0 Å². The van der Waals surface area contributed by atoms with E-state index in [0.29, 0.717) is 0 Å². The molecule has 1 heterocycles. The number of amides is 1. The minimum absolute atomic E-state index is 0.0778. The molecule has 1 unspecified atom stereocenters. The highest BCUT2D eigenvalue weighted by Gasteiger charge is 2.26. The van der Waals surface area contributed by atoms with Crippen molar-refractivity contribution in [1.82, 2.24) is 10.3 Å². The fourth-order valence-electron chi connectivity index (χ4n) is 1.58. The standard InChI is InChI=1S/C14H19FN2O4/c1-14(2,3)21-13(19)17-10(12(18)20-4)8-9-6-5-7-16-11(9)15/h5-7,10H,8H2,1-4H3,(H,17,19). The van der Waals surface area contributed by atoms with E-state index in [2.05, 4.69) is 15.0 Å². The highest BCUT2D eigenvalue weighted by atomic mass is 19.1. The van der Waals surface area contributed by atoms with Crippen molar-refractivity contribution in [3.05, 3.63) is 29.8 Å². The third kappa shape index (κ3) is 5.76. The third-order valence-electron chi connectivity index (χ3n) is 2.44. The highest BCUT2D eigenvalue weighted by molar-refractivity contribution is 5.81. The number of halogens is 1. The molecule has 1 aromatic heterocycles. The van der Waals surface area contributed by atoms with Crippen LogP contribution in [-0.2, 0) is 20.7 Å². The van der Waals surface area contributed by atoms with E-state index in [1.807, 2.05) is 0 Å². The molecule has 1 aromatic rings. The molecule has 1 atom stereocenters. The van der Waals surface area contributed by atoms with E-state index in [-0.39, 0.29) is 12.0 Å². The highest BCUT2D eigenvalue weighted by Crippen LogP contribution is 2.10. The maximum atomic E-state index is 13.5. The smallest absolute Gasteiger partial charge is 0.408 e. The minimum Gasteiger partial charge on any atom is -0.467 e. The molecular weight excluding hydrogens is 279 g/mol. The Labute approximate surface area is 122 Å². The first-order valence-corrected chi connectivity index (χ1v) is 6.39. The van der Waals surface area contributed by atoms with Crippen molar-refractivity contribution in [3.8, 4) is 0 Å². The number of alkyl carbamates (subject to hydrolysis) is 1. The van der Waals surface area contributed by atoms with Crippen molar-refractivity contribution in [2.24, 2.45) is 0 Å². The van der Waals surface area contributed by atoms with E-state index >= 15 is 0 Å². The zero-order chi connectivity index (χ0) is 16.0. The van der Waals surface area contributed by atoms with Gasteiger partial charge >= 0.3 is 12.1 Å². The summed E-state index contributed by atoms with van der Waals surface area (Å²) in [5.41, 5.74) is -0.506. The summed E-state index contributed by atoms with van der Waals surface area (Å²) in [4.78, 5) is 26.9. The van der Waals surface area contributed by atoms with Crippen LogP contribution in [0.15, 0.2) is 18.3 Å². The van der Waals surface area contributed by atoms with Crippen LogP contribution in [0.25, 0.3) is 0 Å². The largest absolute Gasteiger partial charge is 0.467 e. The van der Waals surface area contributed by atoms with Gasteiger partial charge in [-0.2, -0.15) is 4.39 Å². The molecule has 116 valence electrons. The normalized spacial score (nSPS) is 12.4. The summed E-state index contributed by atoms with van der Waals surface area (Å²) in [6.07, 6.45) is 0.445. The number of hydrogen-bond acceptors (Lipinski definition) is 5. The summed E-state index contributed by atoms with van der Waals surface area (Å²) in [5.74, 6) is -1.39. The lowest BCUT2D eigenvalue weighted by molar-refractivity contribution is -0.143. The van der Waals surface area contributed by atoms with Gasteiger partial charge in [-0.15, -0.1) is 0 Å². The number of methoxy groups -OCH3 is 1. The second kappa shape index (κ2) is 7.01. The van der Waals surface area contributed by atoms with Gasteiger partial charge in [0.1, 0.15) is 11.6 Å². The fourth-order valence-corrected chi connectivity index (χ4v) is 1.58. The van der Waals surface area contributed by atoms with Crippen LogP contribution >= 0.6 is 0 Å². The Bertz CT molecular complexity index is 514. The second-order valence-electron chi connectivity index (χ2n) is 5.38. The lowest BCUT2D eigenvalue weighted by atomic mass is 10.1. The molecule has 0 fully saturated rings. The number of nitrogens with zero attached hydrogens (tertiary/aromatic N) is 1. The molecule has 0 aromatic carbocycles. The number of nitrogens with one attached hydrogen (secondary N) is 1. The summed E-state index contributed by atoms with van der Waals surface area (Å²) in [6.45, 7) is 5.08. The predicted molar refractivity (Wildman–Crippen MR) is 73.1 cm³/mol. The average molecular weight is 298 g/mol. The first-order chi connectivity index (χ1) is 9.73. The monoisotopic (exact) mass is 298 g/mol. The fraction of sp³-hybridized carbons (Fsp3) is 0.500. The van der Waals surface area contributed by atoms with Crippen LogP contribution in [0.1, 0.15) is 26.3 Å². The molecule has 0 aliphatic rings. The first-order valence-electron chi connectivity index (χ1n) is 6.39. The topological polar surface area (TPSA) is 77.5 Å². The Kier molecular flexibility index (Phi) is 5.63. The number of rotatable bonds is 4. The van der Waals surface area contributed by atoms with Crippen molar-refractivity contribution >= 4 is 12.1 Å². The van der Waals surface area contributed by atoms with Crippen LogP contribution in [0.2, 0.25) is 0 Å². The van der Waals surface area contributed by atoms with Crippen molar-refractivity contribution in [3.63, 3.8) is 0 Å². The maximum Gasteiger partial charge on any atom is 0.408 e. The van der Waals surface area contributed by atoms with Gasteiger partial charge in [-0.1, -0.05) is 6.07 Å². The molecule has 0 aliphatic carbocycles. The number of carbonyl (C=O) groups excluding carboxylic acids is 2. The summed E-state index contributed by atoms with van der Waals surface area (Å²) in [5, 5.41) is 2.37. The molecule has 6 nitrogen and oxygen atoms in total. The molecule has 0 radical (unpaired) electrons. The summed E-state index contributed by atoms with van der Waals surface area (Å²) < 4.78 is 23.2. The molecule has 0 spiro atoms. The lowest BCUT2D eigenvalue weighted by Crippen LogP contribution is -2.45. The summed E-state index contributed by atoms with van der Waals surface area (Å²) in [6, 6.07) is 1.97. The van der Waals surface area contributed by atoms with Gasteiger partial charge in [0.25, 0.3) is 0 Å². The molecule has 0 bridgehead atoms. The van der Waals surface area contributed by atoms with Gasteiger partial charge in [0.15, 0.2) is 0 Å². The third-order valence-corrected chi connectivity index (χ3v) is 2.44. The SMILES string of the molecule is COC(=O)C(Cc1cccnc1F)NC(=O)OC(C)(C)C. The number of hydrogen-bond donors (Lipinski definition) is 1. The number of ether oxygens (including phenoxy) is 2. The molecule has 0 saturated carbocycles. The van der Waals surface area contributed by atoms with Crippen LogP contribution in [0.5, 0.6) is 0 Å². The van der Waals surface area contributed by atoms with E-state index in [0.717, 1.165) is 0 Å². The van der Waals surface area contributed by atoms with E-state index in [9.17, 15) is 14.0 Å². The van der Waals surface area contributed by atoms with E-state index in [4.69, 9.17) is 4.74 Å². The molecule has 0 aliphatic heterocycles. The zero-order valence-corrected chi connectivity index (χ0v) is 12.5. The van der Waals surface area contributed by atoms with Crippen LogP contribution in [0.3, 0.4) is 0 Å². The molecular formula is C14H19FN2O4. The molecule has 1 N–H and O–H groups in total. The zero-order valence-electron chi connectivity index (χ0n) is 12.5. The minimum atomic E-state index is -1.05. The van der Waals surface area contributed by atoms with E-state index in [1.165, 1.54) is 19.4 Å². The Morgan fingerprint density at radius 2 is 2.10 bits per heavy atom. The quantitative estimate of drug-likeness (QED) is 0.678. The number of esters is 1. The lowest BCUT2D eigenvalue weighted by Gasteiger charge is -2.22. The van der Waals surface area contributed by atoms with Gasteiger partial charge < -0.3 is 14.8 Å². The Hall–Kier alpha value is -2.18. The number of aromatic nitrogens is 1. The summed E-state index contributed by atoms with van der Waals surface area (Å²) in [7, 11) is 1.19. The van der Waals surface area contributed by atoms with Crippen molar-refractivity contribution < 1.29 is 23.5 Å². The number of pyridine rings is 1. The Morgan fingerprint density at radius 1 is 1.43 bits per heavy atom. The summed E-state index contributed by atoms with van der Waals surface area (Å²) >= 11 is 0. The van der Waals surface area contributed by atoms with Gasteiger partial charge in [0.2, 0.25) is 5.95 Å². The molecule has 7 heteroatoms. The van der Waals surface area contributed by atoms with Crippen LogP contribution in [0, 0.1) is 5.95 Å². The van der Waals surface area contributed by atoms with Crippen LogP contribution in [-0.4, -0.2) is 35.8 Å².